The molecule has 1 aromatic rings. The van der Waals surface area contributed by atoms with Crippen LogP contribution in [0, 0.1) is 6.92 Å². The van der Waals surface area contributed by atoms with Crippen LogP contribution < -0.4 is 5.73 Å². The number of aryl methyl sites for hydroxylation is 1. The third kappa shape index (κ3) is 5.07. The molecule has 0 fully saturated rings. The molecule has 0 aromatic carbocycles. The minimum Gasteiger partial charge on any atom is -0.380 e. The van der Waals surface area contributed by atoms with Crippen molar-refractivity contribution in [2.45, 2.75) is 20.8 Å². The highest BCUT2D eigenvalue weighted by Gasteiger charge is 2.20. The summed E-state index contributed by atoms with van der Waals surface area (Å²) in [6.45, 7) is 9.04. The van der Waals surface area contributed by atoms with Crippen molar-refractivity contribution >= 4 is 22.4 Å². The lowest BCUT2D eigenvalue weighted by Gasteiger charge is -2.22. The Morgan fingerprint density at radius 3 is 2.20 bits per heavy atom. The topological polar surface area (TPSA) is 77.7 Å². The van der Waals surface area contributed by atoms with E-state index in [2.05, 4.69) is 4.98 Å². The third-order valence-corrected chi connectivity index (χ3v) is 3.69. The molecule has 0 unspecified atom stereocenters. The van der Waals surface area contributed by atoms with E-state index in [4.69, 9.17) is 15.2 Å². The van der Waals surface area contributed by atoms with Gasteiger partial charge in [-0.3, -0.25) is 4.79 Å². The summed E-state index contributed by atoms with van der Waals surface area (Å²) in [6.07, 6.45) is 0. The molecular weight excluding hydrogens is 278 g/mol. The van der Waals surface area contributed by atoms with Crippen LogP contribution in [0.15, 0.2) is 0 Å². The molecule has 0 aliphatic heterocycles. The smallest absolute Gasteiger partial charge is 0.266 e. The second-order valence-electron chi connectivity index (χ2n) is 4.15. The first-order valence-corrected chi connectivity index (χ1v) is 7.59. The first-order chi connectivity index (χ1) is 9.60. The standard InChI is InChI=1S/C13H23N3O3S/c1-4-18-8-6-16(7-9-19-5-2)12(17)11-10(3)15-13(14)20-11/h4-9H2,1-3H3,(H2,14,15). The summed E-state index contributed by atoms with van der Waals surface area (Å²) in [6, 6.07) is 0. The molecular formula is C13H23N3O3S. The maximum absolute atomic E-state index is 12.5. The Kier molecular flexibility index (Phi) is 7.50. The Morgan fingerprint density at radius 1 is 1.25 bits per heavy atom. The maximum Gasteiger partial charge on any atom is 0.266 e. The summed E-state index contributed by atoms with van der Waals surface area (Å²) >= 11 is 1.22. The van der Waals surface area contributed by atoms with Gasteiger partial charge in [-0.25, -0.2) is 4.98 Å². The number of ether oxygens (including phenoxy) is 2. The van der Waals surface area contributed by atoms with Crippen LogP contribution in [0.5, 0.6) is 0 Å². The molecule has 20 heavy (non-hydrogen) atoms. The van der Waals surface area contributed by atoms with E-state index in [9.17, 15) is 4.79 Å². The van der Waals surface area contributed by atoms with Crippen LogP contribution >= 0.6 is 11.3 Å². The van der Waals surface area contributed by atoms with Gasteiger partial charge in [0.2, 0.25) is 0 Å². The summed E-state index contributed by atoms with van der Waals surface area (Å²) in [5.74, 6) is -0.0592. The van der Waals surface area contributed by atoms with Crippen LogP contribution in [0.4, 0.5) is 5.13 Å². The lowest BCUT2D eigenvalue weighted by atomic mass is 10.3. The number of nitrogen functional groups attached to an aromatic ring is 1. The van der Waals surface area contributed by atoms with Gasteiger partial charge in [0.1, 0.15) is 4.88 Å². The third-order valence-electron chi connectivity index (χ3n) is 2.71. The van der Waals surface area contributed by atoms with Gasteiger partial charge in [-0.15, -0.1) is 0 Å². The summed E-state index contributed by atoms with van der Waals surface area (Å²) in [7, 11) is 0. The van der Waals surface area contributed by atoms with Gasteiger partial charge < -0.3 is 20.1 Å². The minimum absolute atomic E-state index is 0.0592. The van der Waals surface area contributed by atoms with Crippen LogP contribution in [0.2, 0.25) is 0 Å². The van der Waals surface area contributed by atoms with E-state index in [0.29, 0.717) is 55.2 Å². The number of anilines is 1. The number of amides is 1. The number of hydrogen-bond donors (Lipinski definition) is 1. The second kappa shape index (κ2) is 8.89. The molecule has 0 saturated heterocycles. The Labute approximate surface area is 123 Å². The maximum atomic E-state index is 12.5. The van der Waals surface area contributed by atoms with E-state index in [1.54, 1.807) is 11.8 Å². The fraction of sp³-hybridized carbons (Fsp3) is 0.692. The summed E-state index contributed by atoms with van der Waals surface area (Å²) in [5, 5.41) is 0.417. The van der Waals surface area contributed by atoms with Crippen molar-refractivity contribution in [1.82, 2.24) is 9.88 Å². The van der Waals surface area contributed by atoms with Gasteiger partial charge in [0.25, 0.3) is 5.91 Å². The van der Waals surface area contributed by atoms with E-state index in [-0.39, 0.29) is 5.91 Å². The fourth-order valence-electron chi connectivity index (χ4n) is 1.71. The zero-order chi connectivity index (χ0) is 15.0. The molecule has 1 amide bonds. The van der Waals surface area contributed by atoms with Gasteiger partial charge >= 0.3 is 0 Å². The van der Waals surface area contributed by atoms with E-state index >= 15 is 0 Å². The summed E-state index contributed by atoms with van der Waals surface area (Å²) in [4.78, 5) is 18.9. The van der Waals surface area contributed by atoms with Gasteiger partial charge in [0.05, 0.1) is 18.9 Å². The number of aromatic nitrogens is 1. The lowest BCUT2D eigenvalue weighted by molar-refractivity contribution is 0.0553. The van der Waals surface area contributed by atoms with E-state index in [1.165, 1.54) is 11.3 Å². The lowest BCUT2D eigenvalue weighted by Crippen LogP contribution is -2.36. The first kappa shape index (κ1) is 16.9. The van der Waals surface area contributed by atoms with Crippen LogP contribution in [0.3, 0.4) is 0 Å². The van der Waals surface area contributed by atoms with Crippen molar-refractivity contribution in [2.24, 2.45) is 0 Å². The molecule has 0 aliphatic rings. The first-order valence-electron chi connectivity index (χ1n) is 6.77. The molecule has 1 heterocycles. The molecule has 0 aliphatic carbocycles. The van der Waals surface area contributed by atoms with E-state index in [1.807, 2.05) is 13.8 Å². The molecule has 0 bridgehead atoms. The monoisotopic (exact) mass is 301 g/mol. The molecule has 1 rings (SSSR count). The molecule has 2 N–H and O–H groups in total. The normalized spacial score (nSPS) is 10.8. The van der Waals surface area contributed by atoms with Gasteiger partial charge in [-0.1, -0.05) is 11.3 Å². The van der Waals surface area contributed by atoms with Crippen LogP contribution in [-0.4, -0.2) is 55.3 Å². The number of rotatable bonds is 9. The van der Waals surface area contributed by atoms with Crippen LogP contribution in [0.25, 0.3) is 0 Å². The average Bonchev–Trinajstić information content (AvgIpc) is 2.75. The largest absolute Gasteiger partial charge is 0.380 e. The summed E-state index contributed by atoms with van der Waals surface area (Å²) < 4.78 is 10.6. The van der Waals surface area contributed by atoms with Crippen molar-refractivity contribution in [3.63, 3.8) is 0 Å². The molecule has 0 atom stereocenters. The number of nitrogens with zero attached hydrogens (tertiary/aromatic N) is 2. The van der Waals surface area contributed by atoms with Crippen LogP contribution in [0.1, 0.15) is 29.2 Å². The Balaban J connectivity index is 2.69. The van der Waals surface area contributed by atoms with Gasteiger partial charge in [0, 0.05) is 26.3 Å². The van der Waals surface area contributed by atoms with Gasteiger partial charge in [-0.05, 0) is 20.8 Å². The van der Waals surface area contributed by atoms with Crippen molar-refractivity contribution in [2.75, 3.05) is 45.3 Å². The zero-order valence-corrected chi connectivity index (χ0v) is 13.2. The molecule has 6 nitrogen and oxygen atoms in total. The Hall–Kier alpha value is -1.18. The highest BCUT2D eigenvalue weighted by atomic mass is 32.1. The molecule has 0 saturated carbocycles. The average molecular weight is 301 g/mol. The molecule has 114 valence electrons. The van der Waals surface area contributed by atoms with E-state index < -0.39 is 0 Å². The Morgan fingerprint density at radius 2 is 1.80 bits per heavy atom. The quantitative estimate of drug-likeness (QED) is 0.700. The van der Waals surface area contributed by atoms with Crippen molar-refractivity contribution in [3.05, 3.63) is 10.6 Å². The second-order valence-corrected chi connectivity index (χ2v) is 5.18. The highest BCUT2D eigenvalue weighted by molar-refractivity contribution is 7.17. The van der Waals surface area contributed by atoms with Gasteiger partial charge in [0.15, 0.2) is 5.13 Å². The number of carbonyl (C=O) groups excluding carboxylic acids is 1. The minimum atomic E-state index is -0.0592. The molecule has 0 radical (unpaired) electrons. The number of nitrogens with two attached hydrogens (primary N) is 1. The predicted octanol–water partition coefficient (Wildman–Crippen LogP) is 1.55. The number of hydrogen-bond acceptors (Lipinski definition) is 6. The zero-order valence-electron chi connectivity index (χ0n) is 12.3. The van der Waals surface area contributed by atoms with Crippen molar-refractivity contribution in [1.29, 1.82) is 0 Å². The Bertz CT molecular complexity index is 413. The van der Waals surface area contributed by atoms with Gasteiger partial charge in [-0.2, -0.15) is 0 Å². The summed E-state index contributed by atoms with van der Waals surface area (Å²) in [5.41, 5.74) is 6.32. The molecule has 7 heteroatoms. The molecule has 0 spiro atoms. The van der Waals surface area contributed by atoms with Crippen molar-refractivity contribution < 1.29 is 14.3 Å². The number of carbonyl (C=O) groups is 1. The predicted molar refractivity (Wildman–Crippen MR) is 80.2 cm³/mol. The van der Waals surface area contributed by atoms with Crippen molar-refractivity contribution in [3.8, 4) is 0 Å². The SMILES string of the molecule is CCOCCN(CCOCC)C(=O)c1sc(N)nc1C. The molecule has 1 aromatic heterocycles. The number of thiazole rings is 1. The van der Waals surface area contributed by atoms with Crippen LogP contribution in [-0.2, 0) is 9.47 Å². The fourth-order valence-corrected chi connectivity index (χ4v) is 2.51. The highest BCUT2D eigenvalue weighted by Crippen LogP contribution is 2.21. The van der Waals surface area contributed by atoms with E-state index in [0.717, 1.165) is 0 Å².